The van der Waals surface area contributed by atoms with Gasteiger partial charge in [-0.25, -0.2) is 19.2 Å². The number of carbonyl (C=O) groups excluding carboxylic acids is 4. The molecule has 9 nitrogen and oxygen atoms in total. The SMILES string of the molecule is C=CC(=O)OCCCCOC(=O)c1ccc(-c2ccc(OC(=O)c3ccc(-c4ccc(OCCCCOC(=O)C=C)cc4)cc3)cc2)cc1. The maximum atomic E-state index is 12.8. The van der Waals surface area contributed by atoms with Crippen LogP contribution in [0.15, 0.2) is 122 Å². The van der Waals surface area contributed by atoms with Crippen molar-refractivity contribution in [2.45, 2.75) is 25.7 Å². The smallest absolute Gasteiger partial charge is 0.343 e. The van der Waals surface area contributed by atoms with E-state index < -0.39 is 23.9 Å². The van der Waals surface area contributed by atoms with Crippen LogP contribution in [0.5, 0.6) is 11.5 Å². The van der Waals surface area contributed by atoms with E-state index in [2.05, 4.69) is 13.2 Å². The van der Waals surface area contributed by atoms with Crippen molar-refractivity contribution in [3.8, 4) is 33.8 Å². The molecular weight excluding hydrogens is 624 g/mol. The summed E-state index contributed by atoms with van der Waals surface area (Å²) in [6.45, 7) is 8.02. The highest BCUT2D eigenvalue weighted by Crippen LogP contribution is 2.26. The molecule has 49 heavy (non-hydrogen) atoms. The predicted octanol–water partition coefficient (Wildman–Crippen LogP) is 7.79. The number of hydrogen-bond donors (Lipinski definition) is 0. The lowest BCUT2D eigenvalue weighted by Crippen LogP contribution is -2.08. The van der Waals surface area contributed by atoms with Crippen molar-refractivity contribution < 1.29 is 42.9 Å². The van der Waals surface area contributed by atoms with Gasteiger partial charge in [-0.05, 0) is 96.5 Å². The summed E-state index contributed by atoms with van der Waals surface area (Å²) in [7, 11) is 0. The number of carbonyl (C=O) groups is 4. The molecule has 4 rings (SSSR count). The van der Waals surface area contributed by atoms with E-state index in [1.165, 1.54) is 0 Å². The second-order valence-corrected chi connectivity index (χ2v) is 10.7. The summed E-state index contributed by atoms with van der Waals surface area (Å²) >= 11 is 0. The lowest BCUT2D eigenvalue weighted by molar-refractivity contribution is -0.138. The minimum absolute atomic E-state index is 0.225. The molecule has 0 aliphatic carbocycles. The summed E-state index contributed by atoms with van der Waals surface area (Å²) in [6.07, 6.45) is 4.86. The van der Waals surface area contributed by atoms with Crippen LogP contribution in [-0.2, 0) is 23.8 Å². The lowest BCUT2D eigenvalue weighted by Gasteiger charge is -2.09. The van der Waals surface area contributed by atoms with Crippen LogP contribution >= 0.6 is 0 Å². The van der Waals surface area contributed by atoms with E-state index in [1.807, 2.05) is 60.7 Å². The fourth-order valence-electron chi connectivity index (χ4n) is 4.53. The third kappa shape index (κ3) is 11.7. The van der Waals surface area contributed by atoms with Gasteiger partial charge in [-0.2, -0.15) is 0 Å². The van der Waals surface area contributed by atoms with E-state index in [4.69, 9.17) is 23.7 Å². The molecule has 252 valence electrons. The van der Waals surface area contributed by atoms with Crippen LogP contribution in [0.25, 0.3) is 22.3 Å². The first-order chi connectivity index (χ1) is 23.9. The third-order valence-electron chi connectivity index (χ3n) is 7.23. The van der Waals surface area contributed by atoms with Crippen molar-refractivity contribution in [3.05, 3.63) is 133 Å². The first-order valence-electron chi connectivity index (χ1n) is 15.9. The van der Waals surface area contributed by atoms with Crippen LogP contribution in [0, 0.1) is 0 Å². The van der Waals surface area contributed by atoms with Crippen LogP contribution in [0.1, 0.15) is 46.4 Å². The summed E-state index contributed by atoms with van der Waals surface area (Å²) in [5, 5.41) is 0. The van der Waals surface area contributed by atoms with Crippen LogP contribution in [0.3, 0.4) is 0 Å². The average Bonchev–Trinajstić information content (AvgIpc) is 3.14. The van der Waals surface area contributed by atoms with Gasteiger partial charge in [-0.1, -0.05) is 61.7 Å². The number of hydrogen-bond acceptors (Lipinski definition) is 9. The molecule has 0 amide bonds. The second-order valence-electron chi connectivity index (χ2n) is 10.7. The molecule has 4 aromatic rings. The van der Waals surface area contributed by atoms with Crippen molar-refractivity contribution in [3.63, 3.8) is 0 Å². The van der Waals surface area contributed by atoms with E-state index in [9.17, 15) is 19.2 Å². The van der Waals surface area contributed by atoms with E-state index in [0.29, 0.717) is 49.4 Å². The minimum atomic E-state index is -0.474. The van der Waals surface area contributed by atoms with Gasteiger partial charge in [-0.3, -0.25) is 0 Å². The zero-order valence-electron chi connectivity index (χ0n) is 27.1. The Bertz CT molecular complexity index is 1710. The molecule has 0 aliphatic rings. The van der Waals surface area contributed by atoms with Crippen molar-refractivity contribution in [1.29, 1.82) is 0 Å². The molecule has 0 N–H and O–H groups in total. The van der Waals surface area contributed by atoms with E-state index >= 15 is 0 Å². The molecule has 4 aromatic carbocycles. The molecule has 0 spiro atoms. The molecule has 0 heterocycles. The van der Waals surface area contributed by atoms with Gasteiger partial charge >= 0.3 is 23.9 Å². The van der Waals surface area contributed by atoms with Crippen molar-refractivity contribution in [2.75, 3.05) is 26.4 Å². The van der Waals surface area contributed by atoms with Gasteiger partial charge in [-0.15, -0.1) is 0 Å². The standard InChI is InChI=1S/C40H38O9/c1-3-37(41)46-26-6-5-25-45-35-21-17-31(18-22-35)30-11-15-34(16-12-30)40(44)49-36-23-19-32(20-24-36)29-9-13-33(14-10-29)39(43)48-28-8-7-27-47-38(42)4-2/h3-4,9-24H,1-2,5-8,25-28H2. The Kier molecular flexibility index (Phi) is 13.9. The Balaban J connectivity index is 1.20. The van der Waals surface area contributed by atoms with Crippen molar-refractivity contribution >= 4 is 23.9 Å². The fraction of sp³-hybridized carbons (Fsp3) is 0.200. The lowest BCUT2D eigenvalue weighted by atomic mass is 10.0. The van der Waals surface area contributed by atoms with Gasteiger partial charge in [0.05, 0.1) is 37.6 Å². The molecule has 9 heteroatoms. The molecule has 0 atom stereocenters. The van der Waals surface area contributed by atoms with Gasteiger partial charge in [0.2, 0.25) is 0 Å². The average molecular weight is 663 g/mol. The highest BCUT2D eigenvalue weighted by Gasteiger charge is 2.11. The van der Waals surface area contributed by atoms with Crippen molar-refractivity contribution in [2.24, 2.45) is 0 Å². The number of unbranched alkanes of at least 4 members (excludes halogenated alkanes) is 2. The second kappa shape index (κ2) is 19.0. The molecule has 0 saturated carbocycles. The summed E-state index contributed by atoms with van der Waals surface area (Å²) in [6, 6.07) is 29.0. The summed E-state index contributed by atoms with van der Waals surface area (Å²) in [4.78, 5) is 47.2. The molecule has 0 saturated heterocycles. The Morgan fingerprint density at radius 2 is 0.816 bits per heavy atom. The van der Waals surface area contributed by atoms with Crippen LogP contribution in [-0.4, -0.2) is 50.3 Å². The Morgan fingerprint density at radius 1 is 0.449 bits per heavy atom. The number of benzene rings is 4. The van der Waals surface area contributed by atoms with E-state index in [0.717, 1.165) is 46.6 Å². The summed E-state index contributed by atoms with van der Waals surface area (Å²) in [5.74, 6) is -0.646. The first-order valence-corrected chi connectivity index (χ1v) is 15.9. The van der Waals surface area contributed by atoms with E-state index in [-0.39, 0.29) is 13.2 Å². The number of ether oxygens (including phenoxy) is 5. The number of esters is 4. The summed E-state index contributed by atoms with van der Waals surface area (Å²) < 4.78 is 26.5. The quantitative estimate of drug-likeness (QED) is 0.0346. The topological polar surface area (TPSA) is 114 Å². The van der Waals surface area contributed by atoms with Crippen LogP contribution in [0.2, 0.25) is 0 Å². The largest absolute Gasteiger partial charge is 0.494 e. The van der Waals surface area contributed by atoms with Gasteiger partial charge in [0.1, 0.15) is 11.5 Å². The Hall–Kier alpha value is -5.96. The minimum Gasteiger partial charge on any atom is -0.494 e. The first kappa shape index (κ1) is 35.9. The number of rotatable bonds is 18. The Morgan fingerprint density at radius 3 is 1.27 bits per heavy atom. The van der Waals surface area contributed by atoms with Gasteiger partial charge < -0.3 is 23.7 Å². The molecular formula is C40H38O9. The zero-order chi connectivity index (χ0) is 34.8. The molecule has 0 aliphatic heterocycles. The maximum Gasteiger partial charge on any atom is 0.343 e. The van der Waals surface area contributed by atoms with Crippen LogP contribution in [0.4, 0.5) is 0 Å². The molecule has 0 unspecified atom stereocenters. The monoisotopic (exact) mass is 662 g/mol. The van der Waals surface area contributed by atoms with E-state index in [1.54, 1.807) is 36.4 Å². The molecule has 0 fully saturated rings. The predicted molar refractivity (Wildman–Crippen MR) is 185 cm³/mol. The molecule has 0 aromatic heterocycles. The Labute approximate surface area is 285 Å². The third-order valence-corrected chi connectivity index (χ3v) is 7.23. The molecule has 0 bridgehead atoms. The van der Waals surface area contributed by atoms with Crippen LogP contribution < -0.4 is 9.47 Å². The van der Waals surface area contributed by atoms with Crippen molar-refractivity contribution in [1.82, 2.24) is 0 Å². The zero-order valence-corrected chi connectivity index (χ0v) is 27.1. The highest BCUT2D eigenvalue weighted by atomic mass is 16.5. The normalized spacial score (nSPS) is 10.4. The van der Waals surface area contributed by atoms with Gasteiger partial charge in [0, 0.05) is 12.2 Å². The molecule has 0 radical (unpaired) electrons. The summed E-state index contributed by atoms with van der Waals surface area (Å²) in [5.41, 5.74) is 4.55. The highest BCUT2D eigenvalue weighted by molar-refractivity contribution is 5.92. The fourth-order valence-corrected chi connectivity index (χ4v) is 4.53. The van der Waals surface area contributed by atoms with Gasteiger partial charge in [0.15, 0.2) is 0 Å². The van der Waals surface area contributed by atoms with Gasteiger partial charge in [0.25, 0.3) is 0 Å². The maximum absolute atomic E-state index is 12.8.